The Morgan fingerprint density at radius 3 is 2.49 bits per heavy atom. The van der Waals surface area contributed by atoms with E-state index in [4.69, 9.17) is 4.42 Å². The Bertz CT molecular complexity index is 1420. The van der Waals surface area contributed by atoms with Crippen LogP contribution >= 0.6 is 0 Å². The van der Waals surface area contributed by atoms with E-state index in [1.807, 2.05) is 24.3 Å². The van der Waals surface area contributed by atoms with Crippen molar-refractivity contribution < 1.29 is 22.4 Å². The predicted octanol–water partition coefficient (Wildman–Crippen LogP) is 3.74. The van der Waals surface area contributed by atoms with Crippen molar-refractivity contribution in [1.29, 1.82) is 0 Å². The number of carbonyl (C=O) groups excluding carboxylic acids is 2. The molecular weight excluding hydrogens is 492 g/mol. The second-order valence-corrected chi connectivity index (χ2v) is 10.8. The zero-order chi connectivity index (χ0) is 25.8. The van der Waals surface area contributed by atoms with Gasteiger partial charge >= 0.3 is 0 Å². The molecule has 3 heterocycles. The van der Waals surface area contributed by atoms with E-state index in [0.717, 1.165) is 30.4 Å². The van der Waals surface area contributed by atoms with Crippen LogP contribution in [0.15, 0.2) is 81.2 Å². The minimum atomic E-state index is -3.78. The molecule has 0 spiro atoms. The van der Waals surface area contributed by atoms with Gasteiger partial charge in [-0.3, -0.25) is 19.3 Å². The van der Waals surface area contributed by atoms with E-state index in [2.05, 4.69) is 15.0 Å². The van der Waals surface area contributed by atoms with Crippen LogP contribution in [0, 0.1) is 0 Å². The Hall–Kier alpha value is -3.92. The second kappa shape index (κ2) is 10.6. The summed E-state index contributed by atoms with van der Waals surface area (Å²) in [6, 6.07) is 16.1. The second-order valence-electron chi connectivity index (χ2n) is 9.16. The first-order chi connectivity index (χ1) is 17.9. The molecule has 0 radical (unpaired) electrons. The highest BCUT2D eigenvalue weighted by Gasteiger charge is 2.36. The Balaban J connectivity index is 1.32. The molecule has 37 heavy (non-hydrogen) atoms. The average Bonchev–Trinajstić information content (AvgIpc) is 3.33. The first-order valence-electron chi connectivity index (χ1n) is 12.3. The van der Waals surface area contributed by atoms with E-state index < -0.39 is 16.1 Å². The van der Waals surface area contributed by atoms with Crippen molar-refractivity contribution in [2.45, 2.75) is 49.6 Å². The number of benzene rings is 2. The number of amides is 2. The summed E-state index contributed by atoms with van der Waals surface area (Å²) >= 11 is 0. The summed E-state index contributed by atoms with van der Waals surface area (Å²) in [6.07, 6.45) is 5.26. The molecule has 0 saturated heterocycles. The average molecular weight is 521 g/mol. The lowest BCUT2D eigenvalue weighted by Gasteiger charge is -2.35. The molecule has 0 bridgehead atoms. The van der Waals surface area contributed by atoms with Gasteiger partial charge in [-0.1, -0.05) is 30.7 Å². The minimum absolute atomic E-state index is 0.0821. The minimum Gasteiger partial charge on any atom is -0.459 e. The largest absolute Gasteiger partial charge is 0.459 e. The van der Waals surface area contributed by atoms with Gasteiger partial charge in [-0.25, -0.2) is 8.42 Å². The molecule has 1 atom stereocenters. The van der Waals surface area contributed by atoms with Crippen LogP contribution in [0.1, 0.15) is 47.4 Å². The molecule has 2 aromatic carbocycles. The van der Waals surface area contributed by atoms with Gasteiger partial charge in [0.05, 0.1) is 11.2 Å². The highest BCUT2D eigenvalue weighted by molar-refractivity contribution is 7.90. The molecule has 0 aliphatic carbocycles. The van der Waals surface area contributed by atoms with Gasteiger partial charge in [0.15, 0.2) is 5.76 Å². The van der Waals surface area contributed by atoms with Crippen molar-refractivity contribution in [3.8, 4) is 0 Å². The number of hydrogen-bond acceptors (Lipinski definition) is 6. The van der Waals surface area contributed by atoms with Gasteiger partial charge in [-0.15, -0.1) is 0 Å². The van der Waals surface area contributed by atoms with Crippen molar-refractivity contribution in [2.75, 3.05) is 11.9 Å². The molecule has 0 unspecified atom stereocenters. The number of hydrogen-bond donors (Lipinski definition) is 2. The lowest BCUT2D eigenvalue weighted by Crippen LogP contribution is -2.50. The Morgan fingerprint density at radius 2 is 1.73 bits per heavy atom. The molecule has 3 aromatic rings. The number of nitrogens with zero attached hydrogens (tertiary/aromatic N) is 2. The van der Waals surface area contributed by atoms with Crippen molar-refractivity contribution >= 4 is 33.4 Å². The van der Waals surface area contributed by atoms with Gasteiger partial charge in [-0.05, 0) is 60.4 Å². The number of sulfonamides is 1. The number of amidine groups is 1. The van der Waals surface area contributed by atoms with Crippen molar-refractivity contribution in [3.63, 3.8) is 0 Å². The maximum Gasteiger partial charge on any atom is 0.290 e. The van der Waals surface area contributed by atoms with E-state index in [-0.39, 0.29) is 29.0 Å². The van der Waals surface area contributed by atoms with Crippen LogP contribution in [0.5, 0.6) is 0 Å². The number of anilines is 1. The van der Waals surface area contributed by atoms with Gasteiger partial charge < -0.3 is 14.6 Å². The SMILES string of the molecule is O=C(Nc1ccc(S(=O)(=O)NC2=NCCCCC2)cc1)[C@@H]1Cc2ccccc2CN1C(=O)c1ccco1. The van der Waals surface area contributed by atoms with Crippen molar-refractivity contribution in [3.05, 3.63) is 83.8 Å². The molecule has 5 rings (SSSR count). The van der Waals surface area contributed by atoms with E-state index in [1.165, 1.54) is 35.4 Å². The van der Waals surface area contributed by atoms with Crippen LogP contribution in [0.3, 0.4) is 0 Å². The fraction of sp³-hybridized carbons (Fsp3) is 0.296. The summed E-state index contributed by atoms with van der Waals surface area (Å²) in [6.45, 7) is 0.897. The topological polar surface area (TPSA) is 121 Å². The number of fused-ring (bicyclic) bond motifs is 1. The molecule has 192 valence electrons. The van der Waals surface area contributed by atoms with Crippen LogP contribution in [0.25, 0.3) is 0 Å². The third-order valence-electron chi connectivity index (χ3n) is 6.60. The van der Waals surface area contributed by atoms with Crippen molar-refractivity contribution in [1.82, 2.24) is 9.62 Å². The molecule has 0 fully saturated rings. The highest BCUT2D eigenvalue weighted by Crippen LogP contribution is 2.26. The quantitative estimate of drug-likeness (QED) is 0.531. The van der Waals surface area contributed by atoms with Gasteiger partial charge in [0, 0.05) is 31.6 Å². The molecule has 2 aliphatic rings. The molecule has 2 amide bonds. The third-order valence-corrected chi connectivity index (χ3v) is 8.00. The summed E-state index contributed by atoms with van der Waals surface area (Å²) in [5.41, 5.74) is 2.41. The molecule has 9 nitrogen and oxygen atoms in total. The number of carbonyl (C=O) groups is 2. The van der Waals surface area contributed by atoms with Crippen molar-refractivity contribution in [2.24, 2.45) is 4.99 Å². The Labute approximate surface area is 215 Å². The Kier molecular flexibility index (Phi) is 7.09. The fourth-order valence-electron chi connectivity index (χ4n) is 4.63. The normalized spacial score (nSPS) is 17.8. The first-order valence-corrected chi connectivity index (χ1v) is 13.8. The maximum atomic E-state index is 13.4. The summed E-state index contributed by atoms with van der Waals surface area (Å²) in [5, 5.41) is 2.84. The monoisotopic (exact) mass is 520 g/mol. The lowest BCUT2D eigenvalue weighted by atomic mass is 9.93. The fourth-order valence-corrected chi connectivity index (χ4v) is 5.72. The Morgan fingerprint density at radius 1 is 0.946 bits per heavy atom. The van der Waals surface area contributed by atoms with E-state index in [0.29, 0.717) is 30.9 Å². The molecule has 1 aromatic heterocycles. The van der Waals surface area contributed by atoms with Crippen LogP contribution < -0.4 is 10.0 Å². The van der Waals surface area contributed by atoms with E-state index >= 15 is 0 Å². The smallest absolute Gasteiger partial charge is 0.290 e. The predicted molar refractivity (Wildman–Crippen MR) is 139 cm³/mol. The standard InChI is InChI=1S/C27H28N4O5S/c32-26(23-17-19-7-3-4-8-20(19)18-31(23)27(33)24-9-6-16-36-24)29-21-11-13-22(14-12-21)37(34,35)30-25-10-2-1-5-15-28-25/h3-4,6-9,11-14,16,23H,1-2,5,10,15,17-18H2,(H,28,30)(H,29,32)/t23-/m0/s1. The maximum absolute atomic E-state index is 13.4. The molecule has 2 N–H and O–H groups in total. The van der Waals surface area contributed by atoms with E-state index in [1.54, 1.807) is 12.1 Å². The van der Waals surface area contributed by atoms with Gasteiger partial charge in [0.25, 0.3) is 15.9 Å². The number of nitrogens with one attached hydrogen (secondary N) is 2. The number of rotatable bonds is 5. The summed E-state index contributed by atoms with van der Waals surface area (Å²) in [5.74, 6) is -0.0872. The molecule has 2 aliphatic heterocycles. The zero-order valence-electron chi connectivity index (χ0n) is 20.2. The van der Waals surface area contributed by atoms with Crippen LogP contribution in [0.2, 0.25) is 0 Å². The van der Waals surface area contributed by atoms with Gasteiger partial charge in [0.1, 0.15) is 11.9 Å². The lowest BCUT2D eigenvalue weighted by molar-refractivity contribution is -0.121. The van der Waals surface area contributed by atoms with Gasteiger partial charge in [-0.2, -0.15) is 0 Å². The highest BCUT2D eigenvalue weighted by atomic mass is 32.2. The van der Waals surface area contributed by atoms with Crippen LogP contribution in [-0.4, -0.2) is 43.6 Å². The number of aliphatic imine (C=N–C) groups is 1. The third kappa shape index (κ3) is 5.59. The first kappa shape index (κ1) is 24.8. The number of furan rings is 1. The molecule has 10 heteroatoms. The van der Waals surface area contributed by atoms with Crippen LogP contribution in [-0.2, 0) is 27.8 Å². The summed E-state index contributed by atoms with van der Waals surface area (Å²) in [4.78, 5) is 32.4. The zero-order valence-corrected chi connectivity index (χ0v) is 21.0. The van der Waals surface area contributed by atoms with Crippen LogP contribution in [0.4, 0.5) is 5.69 Å². The summed E-state index contributed by atoms with van der Waals surface area (Å²) in [7, 11) is -3.78. The summed E-state index contributed by atoms with van der Waals surface area (Å²) < 4.78 is 33.5. The molecule has 0 saturated carbocycles. The van der Waals surface area contributed by atoms with E-state index in [9.17, 15) is 18.0 Å². The molecular formula is C27H28N4O5S. The van der Waals surface area contributed by atoms with Gasteiger partial charge in [0.2, 0.25) is 5.91 Å².